The van der Waals surface area contributed by atoms with Gasteiger partial charge in [0, 0.05) is 38.4 Å². The van der Waals surface area contributed by atoms with Gasteiger partial charge in [0.15, 0.2) is 0 Å². The summed E-state index contributed by atoms with van der Waals surface area (Å²) in [5.74, 6) is 1.10. The first kappa shape index (κ1) is 16.3. The zero-order valence-electron chi connectivity index (χ0n) is 12.8. The summed E-state index contributed by atoms with van der Waals surface area (Å²) in [6, 6.07) is 4.40. The molecule has 1 aromatic rings. The lowest BCUT2D eigenvalue weighted by Crippen LogP contribution is -2.52. The minimum Gasteiger partial charge on any atom is -0.386 e. The van der Waals surface area contributed by atoms with Crippen LogP contribution in [0.5, 0.6) is 0 Å². The van der Waals surface area contributed by atoms with Gasteiger partial charge in [0.25, 0.3) is 0 Å². The predicted octanol–water partition coefficient (Wildman–Crippen LogP) is 3.66. The first-order valence-electron chi connectivity index (χ1n) is 7.67. The molecule has 0 radical (unpaired) electrons. The number of benzene rings is 1. The maximum atomic E-state index is 12.8. The Labute approximate surface area is 138 Å². The van der Waals surface area contributed by atoms with Gasteiger partial charge in [0.2, 0.25) is 0 Å². The fourth-order valence-corrected chi connectivity index (χ4v) is 3.47. The molecule has 0 amide bonds. The van der Waals surface area contributed by atoms with Gasteiger partial charge in [-0.1, -0.05) is 17.7 Å². The van der Waals surface area contributed by atoms with E-state index in [-0.39, 0.29) is 5.02 Å². The highest BCUT2D eigenvalue weighted by Crippen LogP contribution is 2.35. The molecule has 0 bridgehead atoms. The van der Waals surface area contributed by atoms with Gasteiger partial charge in [0.1, 0.15) is 5.82 Å². The van der Waals surface area contributed by atoms with E-state index in [4.69, 9.17) is 11.6 Å². The van der Waals surface area contributed by atoms with Gasteiger partial charge in [-0.3, -0.25) is 0 Å². The molecule has 126 valence electrons. The topological polar surface area (TPSA) is 18.5 Å². The van der Waals surface area contributed by atoms with Crippen LogP contribution in [0, 0.1) is 0 Å². The highest BCUT2D eigenvalue weighted by Gasteiger charge is 2.33. The van der Waals surface area contributed by atoms with Crippen molar-refractivity contribution in [2.75, 3.05) is 19.6 Å². The zero-order valence-corrected chi connectivity index (χ0v) is 13.6. The Morgan fingerprint density at radius 1 is 1.30 bits per heavy atom. The average molecular weight is 346 g/mol. The Morgan fingerprint density at radius 2 is 2.09 bits per heavy atom. The second kappa shape index (κ2) is 6.15. The van der Waals surface area contributed by atoms with Gasteiger partial charge in [-0.05, 0) is 31.0 Å². The smallest absolute Gasteiger partial charge is 0.386 e. The lowest BCUT2D eigenvalue weighted by molar-refractivity contribution is -0.137. The minimum absolute atomic E-state index is 0.243. The lowest BCUT2D eigenvalue weighted by atomic mass is 10.1. The third-order valence-corrected chi connectivity index (χ3v) is 4.65. The number of nitrogens with zero attached hydrogens (tertiary/aromatic N) is 2. The SMILES string of the molecule is CC1CNC=C2N(Cc3ccc(C(F)(F)F)c(Cl)c3)CCCN21. The highest BCUT2D eigenvalue weighted by molar-refractivity contribution is 6.31. The van der Waals surface area contributed by atoms with Crippen LogP contribution in [0.1, 0.15) is 24.5 Å². The summed E-state index contributed by atoms with van der Waals surface area (Å²) in [7, 11) is 0. The van der Waals surface area contributed by atoms with Gasteiger partial charge < -0.3 is 15.1 Å². The van der Waals surface area contributed by atoms with Gasteiger partial charge in [-0.2, -0.15) is 13.2 Å². The van der Waals surface area contributed by atoms with Crippen molar-refractivity contribution in [2.24, 2.45) is 0 Å². The van der Waals surface area contributed by atoms with Crippen LogP contribution >= 0.6 is 11.6 Å². The molecular weight excluding hydrogens is 327 g/mol. The number of hydrogen-bond donors (Lipinski definition) is 1. The van der Waals surface area contributed by atoms with Gasteiger partial charge >= 0.3 is 6.18 Å². The Balaban J connectivity index is 1.79. The first-order valence-corrected chi connectivity index (χ1v) is 8.05. The van der Waals surface area contributed by atoms with Crippen molar-refractivity contribution in [3.05, 3.63) is 46.4 Å². The second-order valence-electron chi connectivity index (χ2n) is 6.04. The molecule has 23 heavy (non-hydrogen) atoms. The molecule has 1 N–H and O–H groups in total. The predicted molar refractivity (Wildman–Crippen MR) is 83.7 cm³/mol. The molecule has 7 heteroatoms. The Kier molecular flexibility index (Phi) is 4.36. The van der Waals surface area contributed by atoms with Crippen molar-refractivity contribution >= 4 is 11.6 Å². The second-order valence-corrected chi connectivity index (χ2v) is 6.45. The number of fused-ring (bicyclic) bond motifs is 1. The molecule has 3 nitrogen and oxygen atoms in total. The van der Waals surface area contributed by atoms with Crippen LogP contribution in [-0.2, 0) is 12.7 Å². The molecule has 0 aliphatic carbocycles. The largest absolute Gasteiger partial charge is 0.417 e. The molecule has 1 saturated heterocycles. The summed E-state index contributed by atoms with van der Waals surface area (Å²) >= 11 is 5.82. The molecule has 2 aliphatic heterocycles. The van der Waals surface area contributed by atoms with Crippen molar-refractivity contribution in [1.29, 1.82) is 0 Å². The number of halogens is 4. The zero-order chi connectivity index (χ0) is 16.6. The number of nitrogens with one attached hydrogen (secondary N) is 1. The molecule has 2 aliphatic rings. The minimum atomic E-state index is -4.41. The summed E-state index contributed by atoms with van der Waals surface area (Å²) in [6.07, 6.45) is -1.39. The average Bonchev–Trinajstić information content (AvgIpc) is 2.47. The van der Waals surface area contributed by atoms with Crippen molar-refractivity contribution in [3.63, 3.8) is 0 Å². The van der Waals surface area contributed by atoms with Crippen molar-refractivity contribution in [2.45, 2.75) is 32.1 Å². The van der Waals surface area contributed by atoms with Crippen LogP contribution in [0.3, 0.4) is 0 Å². The monoisotopic (exact) mass is 345 g/mol. The van der Waals surface area contributed by atoms with E-state index in [2.05, 4.69) is 22.0 Å². The molecule has 0 aromatic heterocycles. The third kappa shape index (κ3) is 3.37. The van der Waals surface area contributed by atoms with E-state index in [1.165, 1.54) is 12.1 Å². The lowest BCUT2D eigenvalue weighted by Gasteiger charge is -2.46. The molecule has 0 saturated carbocycles. The fraction of sp³-hybridized carbons (Fsp3) is 0.500. The van der Waals surface area contributed by atoms with E-state index in [1.54, 1.807) is 0 Å². The maximum Gasteiger partial charge on any atom is 0.417 e. The number of rotatable bonds is 2. The summed E-state index contributed by atoms with van der Waals surface area (Å²) in [4.78, 5) is 4.52. The van der Waals surface area contributed by atoms with E-state index in [1.807, 2.05) is 6.20 Å². The summed E-state index contributed by atoms with van der Waals surface area (Å²) in [5.41, 5.74) is -0.000616. The van der Waals surface area contributed by atoms with Crippen molar-refractivity contribution in [1.82, 2.24) is 15.1 Å². The van der Waals surface area contributed by atoms with Crippen LogP contribution in [-0.4, -0.2) is 35.5 Å². The Hall–Kier alpha value is -1.56. The van der Waals surface area contributed by atoms with Crippen LogP contribution in [0.15, 0.2) is 30.2 Å². The van der Waals surface area contributed by atoms with Crippen LogP contribution < -0.4 is 5.32 Å². The van der Waals surface area contributed by atoms with E-state index >= 15 is 0 Å². The van der Waals surface area contributed by atoms with Crippen LogP contribution in [0.4, 0.5) is 13.2 Å². The van der Waals surface area contributed by atoms with Gasteiger partial charge in [-0.15, -0.1) is 0 Å². The third-order valence-electron chi connectivity index (χ3n) is 4.33. The molecule has 1 unspecified atom stereocenters. The van der Waals surface area contributed by atoms with E-state index < -0.39 is 11.7 Å². The van der Waals surface area contributed by atoms with Gasteiger partial charge in [-0.25, -0.2) is 0 Å². The van der Waals surface area contributed by atoms with Gasteiger partial charge in [0.05, 0.1) is 10.6 Å². The molecule has 1 fully saturated rings. The standard InChI is InChI=1S/C16H19ClF3N3/c1-11-8-21-9-15-22(5-2-6-23(11)15)10-12-3-4-13(14(17)7-12)16(18,19)20/h3-4,7,9,11,21H,2,5-6,8,10H2,1H3. The molecule has 2 heterocycles. The summed E-state index contributed by atoms with van der Waals surface area (Å²) in [6.45, 7) is 5.52. The number of hydrogen-bond acceptors (Lipinski definition) is 3. The van der Waals surface area contributed by atoms with Crippen molar-refractivity contribution in [3.8, 4) is 0 Å². The summed E-state index contributed by atoms with van der Waals surface area (Å²) in [5, 5.41) is 3.03. The molecule has 3 rings (SSSR count). The highest BCUT2D eigenvalue weighted by atomic mass is 35.5. The fourth-order valence-electron chi connectivity index (χ4n) is 3.16. The Morgan fingerprint density at radius 3 is 2.78 bits per heavy atom. The molecular formula is C16H19ClF3N3. The molecule has 1 aromatic carbocycles. The maximum absolute atomic E-state index is 12.8. The molecule has 1 atom stereocenters. The van der Waals surface area contributed by atoms with Crippen LogP contribution in [0.25, 0.3) is 0 Å². The van der Waals surface area contributed by atoms with Crippen LogP contribution in [0.2, 0.25) is 5.02 Å². The summed E-state index contributed by atoms with van der Waals surface area (Å²) < 4.78 is 38.4. The van der Waals surface area contributed by atoms with E-state index in [9.17, 15) is 13.2 Å². The first-order chi connectivity index (χ1) is 10.9. The van der Waals surface area contributed by atoms with Crippen molar-refractivity contribution < 1.29 is 13.2 Å². The normalized spacial score (nSPS) is 21.6. The van der Waals surface area contributed by atoms with E-state index in [0.717, 1.165) is 43.5 Å². The quantitative estimate of drug-likeness (QED) is 0.882. The van der Waals surface area contributed by atoms with E-state index in [0.29, 0.717) is 12.6 Å². The Bertz CT molecular complexity index is 615. The number of alkyl halides is 3. The molecule has 0 spiro atoms.